The van der Waals surface area contributed by atoms with Gasteiger partial charge in [0.25, 0.3) is 0 Å². The summed E-state index contributed by atoms with van der Waals surface area (Å²) in [6.07, 6.45) is -5.74. The topological polar surface area (TPSA) is 140 Å². The molecule has 0 aliphatic carbocycles. The lowest BCUT2D eigenvalue weighted by Crippen LogP contribution is -2.64. The van der Waals surface area contributed by atoms with E-state index in [0.717, 1.165) is 20.8 Å². The van der Waals surface area contributed by atoms with Crippen LogP contribution in [0.3, 0.4) is 0 Å². The van der Waals surface area contributed by atoms with Gasteiger partial charge in [-0.25, -0.2) is 0 Å². The van der Waals surface area contributed by atoms with E-state index < -0.39 is 54.5 Å². The van der Waals surface area contributed by atoms with Crippen molar-refractivity contribution < 1.29 is 42.9 Å². The number of nitrogens with two attached hydrogens (primary N) is 1. The first-order valence-electron chi connectivity index (χ1n) is 7.18. The molecule has 0 aromatic rings. The first-order valence-corrected chi connectivity index (χ1v) is 7.18. The molecule has 5 atom stereocenters. The second kappa shape index (κ2) is 8.60. The van der Waals surface area contributed by atoms with Crippen LogP contribution in [0.15, 0.2) is 0 Å². The van der Waals surface area contributed by atoms with Gasteiger partial charge in [0, 0.05) is 27.7 Å². The van der Waals surface area contributed by atoms with Crippen molar-refractivity contribution in [3.8, 4) is 0 Å². The molecule has 1 aliphatic rings. The van der Waals surface area contributed by atoms with Crippen molar-refractivity contribution in [2.75, 3.05) is 6.61 Å². The van der Waals surface area contributed by atoms with Crippen molar-refractivity contribution in [3.63, 3.8) is 0 Å². The Balaban J connectivity index is 3.11. The van der Waals surface area contributed by atoms with Crippen LogP contribution < -0.4 is 5.73 Å². The Hall–Kier alpha value is -2.20. The zero-order valence-corrected chi connectivity index (χ0v) is 13.8. The average molecular weight is 347 g/mol. The minimum Gasteiger partial charge on any atom is -0.463 e. The summed E-state index contributed by atoms with van der Waals surface area (Å²) in [6, 6.07) is 0. The van der Waals surface area contributed by atoms with E-state index in [-0.39, 0.29) is 6.61 Å². The Labute approximate surface area is 138 Å². The first-order chi connectivity index (χ1) is 11.1. The molecule has 1 rings (SSSR count). The lowest BCUT2D eigenvalue weighted by molar-refractivity contribution is -0.251. The van der Waals surface area contributed by atoms with Gasteiger partial charge in [0.2, 0.25) is 0 Å². The predicted molar refractivity (Wildman–Crippen MR) is 76.1 cm³/mol. The summed E-state index contributed by atoms with van der Waals surface area (Å²) in [4.78, 5) is 45.0. The number of carbonyl (C=O) groups is 4. The zero-order chi connectivity index (χ0) is 18.4. The highest BCUT2D eigenvalue weighted by molar-refractivity contribution is 5.68. The summed E-state index contributed by atoms with van der Waals surface area (Å²) in [5, 5.41) is 0. The third-order valence-electron chi connectivity index (χ3n) is 3.03. The van der Waals surface area contributed by atoms with E-state index in [4.69, 9.17) is 29.4 Å². The van der Waals surface area contributed by atoms with Crippen LogP contribution >= 0.6 is 0 Å². The Morgan fingerprint density at radius 1 is 0.792 bits per heavy atom. The molecule has 1 fully saturated rings. The van der Waals surface area contributed by atoms with Gasteiger partial charge in [-0.3, -0.25) is 19.2 Å². The summed E-state index contributed by atoms with van der Waals surface area (Å²) in [7, 11) is 0. The summed E-state index contributed by atoms with van der Waals surface area (Å²) >= 11 is 0. The van der Waals surface area contributed by atoms with Crippen LogP contribution in [-0.2, 0) is 42.9 Å². The Bertz CT molecular complexity index is 506. The summed E-state index contributed by atoms with van der Waals surface area (Å²) in [6.45, 7) is 4.32. The standard InChI is InChI=1S/C14H21NO9/c1-6(16)20-5-10-11(21-7(2)17)12(22-8(3)18)13(14(15)24-10)23-9(4)19/h10-14H,5,15H2,1-4H3/t10-,11+,12+,13+,14-/m1/s1. The maximum atomic E-state index is 11.4. The molecular weight excluding hydrogens is 326 g/mol. The fourth-order valence-corrected chi connectivity index (χ4v) is 2.26. The molecule has 0 aromatic carbocycles. The van der Waals surface area contributed by atoms with Crippen LogP contribution in [0, 0.1) is 0 Å². The van der Waals surface area contributed by atoms with Gasteiger partial charge < -0.3 is 29.4 Å². The summed E-state index contributed by atoms with van der Waals surface area (Å²) in [5.41, 5.74) is 5.81. The third-order valence-corrected chi connectivity index (χ3v) is 3.03. The molecule has 0 amide bonds. The van der Waals surface area contributed by atoms with E-state index >= 15 is 0 Å². The smallest absolute Gasteiger partial charge is 0.303 e. The summed E-state index contributed by atoms with van der Waals surface area (Å²) < 4.78 is 25.6. The molecule has 2 N–H and O–H groups in total. The molecule has 10 heteroatoms. The van der Waals surface area contributed by atoms with Crippen LogP contribution in [0.25, 0.3) is 0 Å². The quantitative estimate of drug-likeness (QED) is 0.487. The van der Waals surface area contributed by atoms with Gasteiger partial charge >= 0.3 is 23.9 Å². The van der Waals surface area contributed by atoms with Crippen molar-refractivity contribution in [3.05, 3.63) is 0 Å². The average Bonchev–Trinajstić information content (AvgIpc) is 2.42. The first kappa shape index (κ1) is 19.8. The molecule has 136 valence electrons. The van der Waals surface area contributed by atoms with Crippen LogP contribution in [0.1, 0.15) is 27.7 Å². The van der Waals surface area contributed by atoms with E-state index in [9.17, 15) is 19.2 Å². The van der Waals surface area contributed by atoms with Crippen LogP contribution in [0.5, 0.6) is 0 Å². The molecule has 0 radical (unpaired) electrons. The van der Waals surface area contributed by atoms with Crippen molar-refractivity contribution in [1.29, 1.82) is 0 Å². The van der Waals surface area contributed by atoms with Gasteiger partial charge in [0.05, 0.1) is 0 Å². The molecule has 0 bridgehead atoms. The van der Waals surface area contributed by atoms with Gasteiger partial charge in [-0.2, -0.15) is 0 Å². The SMILES string of the molecule is CC(=O)OC[C@H]1O[C@@H](N)[C@@H](OC(C)=O)[C@@H](OC(C)=O)[C@H]1OC(C)=O. The van der Waals surface area contributed by atoms with Crippen LogP contribution in [0.2, 0.25) is 0 Å². The number of hydrogen-bond acceptors (Lipinski definition) is 10. The van der Waals surface area contributed by atoms with Crippen molar-refractivity contribution >= 4 is 23.9 Å². The number of rotatable bonds is 5. The van der Waals surface area contributed by atoms with E-state index in [2.05, 4.69) is 0 Å². The monoisotopic (exact) mass is 347 g/mol. The molecule has 0 spiro atoms. The fourth-order valence-electron chi connectivity index (χ4n) is 2.26. The highest BCUT2D eigenvalue weighted by Crippen LogP contribution is 2.27. The van der Waals surface area contributed by atoms with E-state index in [1.54, 1.807) is 0 Å². The van der Waals surface area contributed by atoms with Gasteiger partial charge in [-0.05, 0) is 0 Å². The van der Waals surface area contributed by atoms with Crippen molar-refractivity contribution in [2.24, 2.45) is 5.73 Å². The molecule has 1 saturated heterocycles. The van der Waals surface area contributed by atoms with Gasteiger partial charge in [0.1, 0.15) is 18.9 Å². The molecule has 0 saturated carbocycles. The van der Waals surface area contributed by atoms with E-state index in [1.165, 1.54) is 6.92 Å². The maximum absolute atomic E-state index is 11.4. The van der Waals surface area contributed by atoms with Gasteiger partial charge in [0.15, 0.2) is 18.3 Å². The van der Waals surface area contributed by atoms with Crippen molar-refractivity contribution in [1.82, 2.24) is 0 Å². The Morgan fingerprint density at radius 2 is 1.25 bits per heavy atom. The molecule has 0 aromatic heterocycles. The predicted octanol–water partition coefficient (Wildman–Crippen LogP) is -0.972. The molecule has 1 aliphatic heterocycles. The number of hydrogen-bond donors (Lipinski definition) is 1. The highest BCUT2D eigenvalue weighted by atomic mass is 16.7. The molecule has 0 unspecified atom stereocenters. The minimum atomic E-state index is -1.21. The fraction of sp³-hybridized carbons (Fsp3) is 0.714. The maximum Gasteiger partial charge on any atom is 0.303 e. The third kappa shape index (κ3) is 5.78. The number of carbonyl (C=O) groups excluding carboxylic acids is 4. The van der Waals surface area contributed by atoms with Gasteiger partial charge in [-0.1, -0.05) is 0 Å². The van der Waals surface area contributed by atoms with Crippen LogP contribution in [0.4, 0.5) is 0 Å². The lowest BCUT2D eigenvalue weighted by atomic mass is 9.97. The number of ether oxygens (including phenoxy) is 5. The lowest BCUT2D eigenvalue weighted by Gasteiger charge is -2.43. The molecule has 10 nitrogen and oxygen atoms in total. The van der Waals surface area contributed by atoms with E-state index in [1.807, 2.05) is 0 Å². The highest BCUT2D eigenvalue weighted by Gasteiger charge is 2.51. The van der Waals surface area contributed by atoms with Gasteiger partial charge in [-0.15, -0.1) is 0 Å². The zero-order valence-electron chi connectivity index (χ0n) is 13.8. The molecule has 24 heavy (non-hydrogen) atoms. The molecule has 1 heterocycles. The largest absolute Gasteiger partial charge is 0.463 e. The molecular formula is C14H21NO9. The van der Waals surface area contributed by atoms with Crippen molar-refractivity contribution in [2.45, 2.75) is 58.3 Å². The Morgan fingerprint density at radius 3 is 1.71 bits per heavy atom. The second-order valence-corrected chi connectivity index (χ2v) is 5.16. The minimum absolute atomic E-state index is 0.286. The van der Waals surface area contributed by atoms with Crippen LogP contribution in [-0.4, -0.2) is 61.1 Å². The second-order valence-electron chi connectivity index (χ2n) is 5.16. The Kier molecular flexibility index (Phi) is 7.11. The number of esters is 4. The summed E-state index contributed by atoms with van der Waals surface area (Å²) in [5.74, 6) is -2.66. The normalized spacial score (nSPS) is 29.3. The van der Waals surface area contributed by atoms with E-state index in [0.29, 0.717) is 0 Å².